The van der Waals surface area contributed by atoms with Gasteiger partial charge in [-0.15, -0.1) is 0 Å². The molecule has 0 radical (unpaired) electrons. The summed E-state index contributed by atoms with van der Waals surface area (Å²) < 4.78 is 10.1. The molecule has 0 amide bonds. The molecule has 0 unspecified atom stereocenters. The van der Waals surface area contributed by atoms with E-state index >= 15 is 0 Å². The molecule has 4 heterocycles. The van der Waals surface area contributed by atoms with Gasteiger partial charge in [-0.2, -0.15) is 9.27 Å². The number of rotatable bonds is 1. The Bertz CT molecular complexity index is 911. The molecule has 0 aliphatic carbocycles. The lowest BCUT2D eigenvalue weighted by Gasteiger charge is -2.15. The van der Waals surface area contributed by atoms with Gasteiger partial charge in [0.1, 0.15) is 5.42 Å². The largest absolute Gasteiger partial charge is 0.672 e. The topological polar surface area (TPSA) is 38.1 Å². The van der Waals surface area contributed by atoms with E-state index < -0.39 is 0 Å². The zero-order valence-electron chi connectivity index (χ0n) is 11.4. The number of furan rings is 1. The van der Waals surface area contributed by atoms with E-state index in [0.29, 0.717) is 5.71 Å². The summed E-state index contributed by atoms with van der Waals surface area (Å²) in [6.07, 6.45) is 7.95. The summed E-state index contributed by atoms with van der Waals surface area (Å²) in [5.41, 5.74) is 1.58. The van der Waals surface area contributed by atoms with Crippen LogP contribution in [-0.2, 0) is 7.05 Å². The Hall–Kier alpha value is -2.50. The van der Waals surface area contributed by atoms with Gasteiger partial charge in [0.15, 0.2) is 6.20 Å². The van der Waals surface area contributed by atoms with Crippen molar-refractivity contribution in [2.45, 2.75) is 0 Å². The van der Waals surface area contributed by atoms with Crippen molar-refractivity contribution in [3.8, 4) is 0 Å². The van der Waals surface area contributed by atoms with Crippen LogP contribution in [0.15, 0.2) is 41.2 Å². The summed E-state index contributed by atoms with van der Waals surface area (Å²) in [5, 5.41) is 2.16. The number of pyridine rings is 1. The maximum absolute atomic E-state index is 5.86. The van der Waals surface area contributed by atoms with Crippen LogP contribution in [-0.4, -0.2) is 28.5 Å². The van der Waals surface area contributed by atoms with Gasteiger partial charge >= 0.3 is 6.98 Å². The SMILES string of the molecule is CN1C=c2c(oc3ncccc23)=CB1[n+]1cccn1C. The van der Waals surface area contributed by atoms with Gasteiger partial charge in [0.05, 0.1) is 13.2 Å². The molecule has 20 heavy (non-hydrogen) atoms. The van der Waals surface area contributed by atoms with Crippen molar-refractivity contribution in [2.24, 2.45) is 7.05 Å². The molecule has 3 aromatic rings. The maximum Gasteiger partial charge on any atom is 0.672 e. The lowest BCUT2D eigenvalue weighted by Crippen LogP contribution is -2.64. The zero-order chi connectivity index (χ0) is 13.7. The number of nitrogens with zero attached hydrogens (tertiary/aromatic N) is 4. The number of hydrogen-bond acceptors (Lipinski definition) is 3. The first-order valence-electron chi connectivity index (χ1n) is 6.56. The van der Waals surface area contributed by atoms with Crippen LogP contribution in [0.25, 0.3) is 23.3 Å². The second-order valence-corrected chi connectivity index (χ2v) is 5.06. The van der Waals surface area contributed by atoms with E-state index in [0.717, 1.165) is 16.0 Å². The minimum atomic E-state index is 0.100. The Labute approximate surface area is 116 Å². The monoisotopic (exact) mass is 265 g/mol. The summed E-state index contributed by atoms with van der Waals surface area (Å²) in [7, 11) is 4.09. The summed E-state index contributed by atoms with van der Waals surface area (Å²) in [6, 6.07) is 6.00. The standard InChI is InChI=1S/C14H14BN4O/c1-17-10-12-11-5-3-6-16-14(11)20-13(12)9-15(17)19-8-4-7-18(19)2/h3-10H,1-2H3/q+1. The summed E-state index contributed by atoms with van der Waals surface area (Å²) in [4.78, 5) is 6.45. The molecule has 6 heteroatoms. The molecular formula is C14H14BN4O+. The molecule has 0 fully saturated rings. The highest BCUT2D eigenvalue weighted by Crippen LogP contribution is 2.05. The number of aromatic nitrogens is 3. The van der Waals surface area contributed by atoms with Crippen LogP contribution in [0.2, 0.25) is 0 Å². The summed E-state index contributed by atoms with van der Waals surface area (Å²) in [6.45, 7) is 0.100. The lowest BCUT2D eigenvalue weighted by atomic mass is 9.73. The van der Waals surface area contributed by atoms with Crippen molar-refractivity contribution in [1.82, 2.24) is 14.5 Å². The number of aryl methyl sites for hydroxylation is 1. The third kappa shape index (κ3) is 1.51. The van der Waals surface area contributed by atoms with E-state index in [4.69, 9.17) is 4.42 Å². The van der Waals surface area contributed by atoms with Gasteiger partial charge in [-0.3, -0.25) is 0 Å². The Morgan fingerprint density at radius 1 is 1.30 bits per heavy atom. The van der Waals surface area contributed by atoms with E-state index in [1.54, 1.807) is 6.20 Å². The zero-order valence-corrected chi connectivity index (χ0v) is 11.4. The van der Waals surface area contributed by atoms with Crippen LogP contribution in [0, 0.1) is 0 Å². The first-order chi connectivity index (χ1) is 9.74. The highest BCUT2D eigenvalue weighted by atomic mass is 16.3. The van der Waals surface area contributed by atoms with Gasteiger partial charge in [-0.05, 0) is 19.2 Å². The van der Waals surface area contributed by atoms with E-state index in [1.165, 1.54) is 0 Å². The number of hydrogen-bond donors (Lipinski definition) is 0. The van der Waals surface area contributed by atoms with Crippen LogP contribution in [0.5, 0.6) is 0 Å². The average molecular weight is 265 g/mol. The van der Waals surface area contributed by atoms with Crippen molar-refractivity contribution in [1.29, 1.82) is 0 Å². The van der Waals surface area contributed by atoms with Crippen LogP contribution < -0.4 is 15.2 Å². The van der Waals surface area contributed by atoms with Crippen molar-refractivity contribution in [3.05, 3.63) is 47.4 Å². The predicted octanol–water partition coefficient (Wildman–Crippen LogP) is -0.507. The van der Waals surface area contributed by atoms with Gasteiger partial charge in [-0.25, -0.2) is 4.98 Å². The fourth-order valence-electron chi connectivity index (χ4n) is 2.73. The van der Waals surface area contributed by atoms with Crippen molar-refractivity contribution in [2.75, 3.05) is 7.05 Å². The molecule has 1 aliphatic rings. The smallest absolute Gasteiger partial charge is 0.438 e. The minimum absolute atomic E-state index is 0.100. The Balaban J connectivity index is 1.98. The normalized spacial score (nSPS) is 14.1. The molecule has 0 spiro atoms. The molecule has 4 rings (SSSR count). The van der Waals surface area contributed by atoms with Crippen molar-refractivity contribution >= 4 is 30.3 Å². The van der Waals surface area contributed by atoms with Gasteiger partial charge in [-0.1, -0.05) is 0 Å². The second kappa shape index (κ2) is 4.00. The van der Waals surface area contributed by atoms with Crippen LogP contribution >= 0.6 is 0 Å². The molecule has 0 N–H and O–H groups in total. The van der Waals surface area contributed by atoms with Gasteiger partial charge < -0.3 is 9.23 Å². The molecule has 0 saturated heterocycles. The van der Waals surface area contributed by atoms with E-state index in [9.17, 15) is 0 Å². The molecule has 3 aromatic heterocycles. The average Bonchev–Trinajstić information content (AvgIpc) is 3.01. The molecule has 1 aliphatic heterocycles. The van der Waals surface area contributed by atoms with Gasteiger partial charge in [0.25, 0.3) is 0 Å². The second-order valence-electron chi connectivity index (χ2n) is 5.06. The Kier molecular flexibility index (Phi) is 2.27. The highest BCUT2D eigenvalue weighted by molar-refractivity contribution is 6.63. The number of fused-ring (bicyclic) bond motifs is 3. The maximum atomic E-state index is 5.86. The third-order valence-corrected chi connectivity index (χ3v) is 3.76. The fourth-order valence-corrected chi connectivity index (χ4v) is 2.73. The van der Waals surface area contributed by atoms with Crippen LogP contribution in [0.3, 0.4) is 0 Å². The van der Waals surface area contributed by atoms with E-state index in [1.807, 2.05) is 31.4 Å². The molecule has 0 saturated carbocycles. The quantitative estimate of drug-likeness (QED) is 0.556. The summed E-state index contributed by atoms with van der Waals surface area (Å²) in [5.74, 6) is 2.12. The van der Waals surface area contributed by atoms with E-state index in [2.05, 4.69) is 44.5 Å². The minimum Gasteiger partial charge on any atom is -0.438 e. The fraction of sp³-hybridized carbons (Fsp3) is 0.143. The van der Waals surface area contributed by atoms with Crippen molar-refractivity contribution in [3.63, 3.8) is 0 Å². The highest BCUT2D eigenvalue weighted by Gasteiger charge is 2.36. The Morgan fingerprint density at radius 2 is 2.20 bits per heavy atom. The first kappa shape index (κ1) is 11.3. The van der Waals surface area contributed by atoms with Crippen molar-refractivity contribution < 1.29 is 9.01 Å². The first-order valence-corrected chi connectivity index (χ1v) is 6.56. The van der Waals surface area contributed by atoms with Gasteiger partial charge in [0.2, 0.25) is 5.71 Å². The molecule has 0 aromatic carbocycles. The Morgan fingerprint density at radius 3 is 3.00 bits per heavy atom. The molecule has 0 atom stereocenters. The molecular weight excluding hydrogens is 251 g/mol. The molecule has 98 valence electrons. The summed E-state index contributed by atoms with van der Waals surface area (Å²) >= 11 is 0. The van der Waals surface area contributed by atoms with Gasteiger partial charge in [0, 0.05) is 35.0 Å². The van der Waals surface area contributed by atoms with Crippen LogP contribution in [0.4, 0.5) is 0 Å². The molecule has 5 nitrogen and oxygen atoms in total. The predicted molar refractivity (Wildman–Crippen MR) is 76.7 cm³/mol. The third-order valence-electron chi connectivity index (χ3n) is 3.76. The van der Waals surface area contributed by atoms with E-state index in [-0.39, 0.29) is 6.98 Å². The lowest BCUT2D eigenvalue weighted by molar-refractivity contribution is -0.632. The molecule has 0 bridgehead atoms. The van der Waals surface area contributed by atoms with Crippen LogP contribution in [0.1, 0.15) is 0 Å².